The molecule has 0 radical (unpaired) electrons. The van der Waals surface area contributed by atoms with Crippen LogP contribution in [0, 0.1) is 0 Å². The molecule has 0 N–H and O–H groups in total. The molecule has 0 heterocycles. The van der Waals surface area contributed by atoms with E-state index in [2.05, 4.69) is 13.5 Å². The zero-order valence-corrected chi connectivity index (χ0v) is 12.9. The zero-order chi connectivity index (χ0) is 13.3. The number of allylic oxidation sites excluding steroid dienone is 1. The second-order valence-corrected chi connectivity index (χ2v) is 5.67. The molecule has 1 heteroatoms. The molecule has 0 aromatic carbocycles. The van der Waals surface area contributed by atoms with E-state index in [1.165, 1.54) is 96.3 Å². The van der Waals surface area contributed by atoms with Gasteiger partial charge in [0.05, 0.1) is 0 Å². The first-order valence-electron chi connectivity index (χ1n) is 8.52. The van der Waals surface area contributed by atoms with Crippen LogP contribution in [0.5, 0.6) is 0 Å². The molecule has 0 aliphatic carbocycles. The Morgan fingerprint density at radius 1 is 0.579 bits per heavy atom. The maximum absolute atomic E-state index is 3.76. The van der Waals surface area contributed by atoms with E-state index in [4.69, 9.17) is 0 Å². The molecule has 19 heavy (non-hydrogen) atoms. The van der Waals surface area contributed by atoms with Gasteiger partial charge in [-0.3, -0.25) is 0 Å². The van der Waals surface area contributed by atoms with Gasteiger partial charge in [0.2, 0.25) is 0 Å². The Bertz CT molecular complexity index is 154. The Hall–Kier alpha value is 0.272. The Morgan fingerprint density at radius 2 is 0.895 bits per heavy atom. The van der Waals surface area contributed by atoms with E-state index >= 15 is 0 Å². The van der Waals surface area contributed by atoms with E-state index in [0.717, 1.165) is 0 Å². The molecule has 0 nitrogen and oxygen atoms in total. The quantitative estimate of drug-likeness (QED) is 0.200. The standard InChI is InChI=1S/C18H36.Al.3H/c1-3-5-7-9-11-13-15-17-18-16-14-12-10-8-6-4-2;;;;/h3H,1,4-18H2,2H3;;;;. The van der Waals surface area contributed by atoms with E-state index in [1.54, 1.807) is 0 Å². The first kappa shape index (κ1) is 21.6. The monoisotopic (exact) mass is 282 g/mol. The van der Waals surface area contributed by atoms with Gasteiger partial charge < -0.3 is 0 Å². The molecular weight excluding hydrogens is 243 g/mol. The van der Waals surface area contributed by atoms with Gasteiger partial charge in [0.1, 0.15) is 0 Å². The zero-order valence-electron chi connectivity index (χ0n) is 12.9. The van der Waals surface area contributed by atoms with Gasteiger partial charge >= 0.3 is 0 Å². The Balaban J connectivity index is 0. The van der Waals surface area contributed by atoms with Crippen molar-refractivity contribution in [3.63, 3.8) is 0 Å². The van der Waals surface area contributed by atoms with Crippen LogP contribution >= 0.6 is 0 Å². The summed E-state index contributed by atoms with van der Waals surface area (Å²) >= 11 is 0. The van der Waals surface area contributed by atoms with Gasteiger partial charge in [-0.05, 0) is 12.8 Å². The van der Waals surface area contributed by atoms with Gasteiger partial charge in [-0.1, -0.05) is 96.5 Å². The molecular formula is C18H39Al. The third-order valence-corrected chi connectivity index (χ3v) is 3.76. The fraction of sp³-hybridized carbons (Fsp3) is 0.889. The first-order valence-corrected chi connectivity index (χ1v) is 8.52. The minimum atomic E-state index is 0. The summed E-state index contributed by atoms with van der Waals surface area (Å²) in [6.07, 6.45) is 23.5. The molecule has 0 saturated carbocycles. The Morgan fingerprint density at radius 3 is 1.21 bits per heavy atom. The number of hydrogen-bond acceptors (Lipinski definition) is 0. The van der Waals surface area contributed by atoms with Gasteiger partial charge in [0.25, 0.3) is 0 Å². The molecule has 0 fully saturated rings. The van der Waals surface area contributed by atoms with Gasteiger partial charge in [-0.2, -0.15) is 0 Å². The minimum absolute atomic E-state index is 0. The van der Waals surface area contributed by atoms with Gasteiger partial charge in [-0.15, -0.1) is 6.58 Å². The molecule has 0 saturated heterocycles. The summed E-state index contributed by atoms with van der Waals surface area (Å²) < 4.78 is 0. The normalized spacial score (nSPS) is 10.2. The van der Waals surface area contributed by atoms with Crippen LogP contribution in [0.4, 0.5) is 0 Å². The van der Waals surface area contributed by atoms with Crippen molar-refractivity contribution in [2.75, 3.05) is 0 Å². The van der Waals surface area contributed by atoms with Crippen molar-refractivity contribution in [3.05, 3.63) is 12.7 Å². The molecule has 0 atom stereocenters. The highest BCUT2D eigenvalue weighted by molar-refractivity contribution is 5.75. The lowest BCUT2D eigenvalue weighted by molar-refractivity contribution is 0.536. The van der Waals surface area contributed by atoms with Crippen molar-refractivity contribution in [3.8, 4) is 0 Å². The maximum atomic E-state index is 3.76. The van der Waals surface area contributed by atoms with Crippen molar-refractivity contribution in [2.24, 2.45) is 0 Å². The molecule has 0 rings (SSSR count). The number of hydrogen-bond donors (Lipinski definition) is 0. The smallest absolute Gasteiger partial charge is 0.103 e. The van der Waals surface area contributed by atoms with E-state index in [-0.39, 0.29) is 17.4 Å². The summed E-state index contributed by atoms with van der Waals surface area (Å²) in [5, 5.41) is 0. The fourth-order valence-corrected chi connectivity index (χ4v) is 2.48. The molecule has 0 amide bonds. The van der Waals surface area contributed by atoms with E-state index in [0.29, 0.717) is 0 Å². The summed E-state index contributed by atoms with van der Waals surface area (Å²) in [4.78, 5) is 0. The summed E-state index contributed by atoms with van der Waals surface area (Å²) in [6, 6.07) is 0. The summed E-state index contributed by atoms with van der Waals surface area (Å²) in [6.45, 7) is 6.05. The Labute approximate surface area is 133 Å². The maximum Gasteiger partial charge on any atom is 0.187 e. The van der Waals surface area contributed by atoms with E-state index in [1.807, 2.05) is 6.08 Å². The van der Waals surface area contributed by atoms with Crippen molar-refractivity contribution < 1.29 is 0 Å². The predicted molar refractivity (Wildman–Crippen MR) is 95.1 cm³/mol. The van der Waals surface area contributed by atoms with Crippen LogP contribution in [0.3, 0.4) is 0 Å². The van der Waals surface area contributed by atoms with Crippen LogP contribution in [-0.4, -0.2) is 17.4 Å². The largest absolute Gasteiger partial charge is 0.187 e. The van der Waals surface area contributed by atoms with Crippen LogP contribution in [0.2, 0.25) is 0 Å². The van der Waals surface area contributed by atoms with Crippen LogP contribution in [-0.2, 0) is 0 Å². The number of rotatable bonds is 15. The van der Waals surface area contributed by atoms with Gasteiger partial charge in [0, 0.05) is 0 Å². The fourth-order valence-electron chi connectivity index (χ4n) is 2.48. The van der Waals surface area contributed by atoms with Crippen LogP contribution in [0.1, 0.15) is 103 Å². The molecule has 0 unspecified atom stereocenters. The third-order valence-electron chi connectivity index (χ3n) is 3.76. The summed E-state index contributed by atoms with van der Waals surface area (Å²) in [7, 11) is 0. The van der Waals surface area contributed by atoms with Crippen LogP contribution in [0.15, 0.2) is 12.7 Å². The van der Waals surface area contributed by atoms with Crippen molar-refractivity contribution >= 4 is 17.4 Å². The van der Waals surface area contributed by atoms with E-state index in [9.17, 15) is 0 Å². The highest BCUT2D eigenvalue weighted by Crippen LogP contribution is 2.13. The minimum Gasteiger partial charge on any atom is -0.103 e. The first-order chi connectivity index (χ1) is 8.91. The molecule has 0 bridgehead atoms. The topological polar surface area (TPSA) is 0 Å². The van der Waals surface area contributed by atoms with Crippen molar-refractivity contribution in [1.29, 1.82) is 0 Å². The second kappa shape index (κ2) is 20.6. The molecule has 0 aliphatic heterocycles. The SMILES string of the molecule is C=CCCCCCCCCCCCCCCCC.[AlH3]. The summed E-state index contributed by atoms with van der Waals surface area (Å²) in [5.74, 6) is 0. The third kappa shape index (κ3) is 20.7. The van der Waals surface area contributed by atoms with Crippen molar-refractivity contribution in [1.82, 2.24) is 0 Å². The lowest BCUT2D eigenvalue weighted by Crippen LogP contribution is -1.83. The van der Waals surface area contributed by atoms with Gasteiger partial charge in [0.15, 0.2) is 17.4 Å². The molecule has 0 aromatic heterocycles. The highest BCUT2D eigenvalue weighted by Gasteiger charge is 1.93. The molecule has 0 aliphatic rings. The van der Waals surface area contributed by atoms with Gasteiger partial charge in [-0.25, -0.2) is 0 Å². The average Bonchev–Trinajstić information content (AvgIpc) is 2.39. The van der Waals surface area contributed by atoms with Crippen molar-refractivity contribution in [2.45, 2.75) is 103 Å². The lowest BCUT2D eigenvalue weighted by Gasteiger charge is -2.02. The summed E-state index contributed by atoms with van der Waals surface area (Å²) in [5.41, 5.74) is 0. The second-order valence-electron chi connectivity index (χ2n) is 5.67. The predicted octanol–water partition coefficient (Wildman–Crippen LogP) is 5.86. The highest BCUT2D eigenvalue weighted by atomic mass is 27.0. The number of unbranched alkanes of at least 4 members (excludes halogenated alkanes) is 14. The van der Waals surface area contributed by atoms with Crippen LogP contribution < -0.4 is 0 Å². The van der Waals surface area contributed by atoms with E-state index < -0.39 is 0 Å². The Kier molecular flexibility index (Phi) is 23.4. The molecule has 0 spiro atoms. The average molecular weight is 282 g/mol. The molecule has 114 valence electrons. The van der Waals surface area contributed by atoms with Crippen LogP contribution in [0.25, 0.3) is 0 Å². The lowest BCUT2D eigenvalue weighted by atomic mass is 10.0. The molecule has 0 aromatic rings.